The fourth-order valence-corrected chi connectivity index (χ4v) is 1.42. The first-order valence-electron chi connectivity index (χ1n) is 5.91. The van der Waals surface area contributed by atoms with E-state index in [4.69, 9.17) is 10.4 Å². The normalized spacial score (nSPS) is 12.2. The van der Waals surface area contributed by atoms with E-state index in [2.05, 4.69) is 5.32 Å². The van der Waals surface area contributed by atoms with E-state index >= 15 is 0 Å². The van der Waals surface area contributed by atoms with E-state index in [0.717, 1.165) is 25.7 Å². The number of amides is 1. The van der Waals surface area contributed by atoms with Crippen molar-refractivity contribution in [3.63, 3.8) is 0 Å². The van der Waals surface area contributed by atoms with E-state index in [0.29, 0.717) is 6.54 Å². The van der Waals surface area contributed by atoms with Gasteiger partial charge in [0.1, 0.15) is 5.92 Å². The van der Waals surface area contributed by atoms with Crippen LogP contribution in [0.2, 0.25) is 0 Å². The molecule has 1 amide bonds. The molecule has 2 N–H and O–H groups in total. The van der Waals surface area contributed by atoms with Crippen molar-refractivity contribution in [2.75, 3.05) is 13.2 Å². The molecule has 0 aliphatic heterocycles. The lowest BCUT2D eigenvalue weighted by Crippen LogP contribution is -2.33. The first-order chi connectivity index (χ1) is 7.63. The molecule has 0 radical (unpaired) electrons. The third kappa shape index (κ3) is 6.41. The van der Waals surface area contributed by atoms with Gasteiger partial charge in [0.15, 0.2) is 0 Å². The minimum absolute atomic E-state index is 0.0550. The molecule has 0 aromatic rings. The molecule has 0 aromatic heterocycles. The largest absolute Gasteiger partial charge is 0.396 e. The van der Waals surface area contributed by atoms with Gasteiger partial charge in [-0.15, -0.1) is 0 Å². The van der Waals surface area contributed by atoms with Gasteiger partial charge in [-0.05, 0) is 18.8 Å². The maximum Gasteiger partial charge on any atom is 0.237 e. The summed E-state index contributed by atoms with van der Waals surface area (Å²) in [6.07, 6.45) is 3.71. The Hall–Kier alpha value is -1.08. The van der Waals surface area contributed by atoms with Gasteiger partial charge >= 0.3 is 0 Å². The highest BCUT2D eigenvalue weighted by Gasteiger charge is 2.20. The van der Waals surface area contributed by atoms with Gasteiger partial charge in [0.25, 0.3) is 0 Å². The Bertz CT molecular complexity index is 234. The van der Waals surface area contributed by atoms with Crippen molar-refractivity contribution in [1.29, 1.82) is 5.26 Å². The van der Waals surface area contributed by atoms with Crippen molar-refractivity contribution in [2.45, 2.75) is 39.5 Å². The molecule has 0 heterocycles. The van der Waals surface area contributed by atoms with Crippen LogP contribution in [0.5, 0.6) is 0 Å². The number of carbonyl (C=O) groups is 1. The van der Waals surface area contributed by atoms with E-state index in [1.165, 1.54) is 0 Å². The standard InChI is InChI=1S/C12H22N2O2/c1-10(2)11(9-13)12(16)14-7-5-3-4-6-8-15/h10-11,15H,3-8H2,1-2H3,(H,14,16). The van der Waals surface area contributed by atoms with Crippen LogP contribution in [-0.2, 0) is 4.79 Å². The van der Waals surface area contributed by atoms with Gasteiger partial charge in [0, 0.05) is 13.2 Å². The summed E-state index contributed by atoms with van der Waals surface area (Å²) in [5, 5.41) is 20.1. The molecule has 0 rings (SSSR count). The molecule has 0 saturated carbocycles. The number of unbranched alkanes of at least 4 members (excludes halogenated alkanes) is 3. The van der Waals surface area contributed by atoms with Crippen LogP contribution in [0.4, 0.5) is 0 Å². The number of aliphatic hydroxyl groups is 1. The molecule has 0 bridgehead atoms. The molecular formula is C12H22N2O2. The monoisotopic (exact) mass is 226 g/mol. The van der Waals surface area contributed by atoms with Gasteiger partial charge in [0.05, 0.1) is 6.07 Å². The summed E-state index contributed by atoms with van der Waals surface area (Å²) in [6.45, 7) is 4.59. The van der Waals surface area contributed by atoms with Crippen LogP contribution in [-0.4, -0.2) is 24.2 Å². The number of aliphatic hydroxyl groups excluding tert-OH is 1. The fraction of sp³-hybridized carbons (Fsp3) is 0.833. The van der Waals surface area contributed by atoms with Crippen molar-refractivity contribution in [2.24, 2.45) is 11.8 Å². The van der Waals surface area contributed by atoms with Crippen LogP contribution in [0.15, 0.2) is 0 Å². The average Bonchev–Trinajstić information content (AvgIpc) is 2.23. The average molecular weight is 226 g/mol. The Balaban J connectivity index is 3.61. The molecule has 0 aliphatic carbocycles. The number of hydrogen-bond donors (Lipinski definition) is 2. The molecule has 1 atom stereocenters. The van der Waals surface area contributed by atoms with Gasteiger partial charge in [-0.1, -0.05) is 26.7 Å². The van der Waals surface area contributed by atoms with Crippen molar-refractivity contribution in [3.05, 3.63) is 0 Å². The fourth-order valence-electron chi connectivity index (χ4n) is 1.42. The molecule has 16 heavy (non-hydrogen) atoms. The molecule has 1 unspecified atom stereocenters. The van der Waals surface area contributed by atoms with Crippen molar-refractivity contribution in [3.8, 4) is 6.07 Å². The van der Waals surface area contributed by atoms with Gasteiger partial charge in [-0.25, -0.2) is 0 Å². The van der Waals surface area contributed by atoms with Crippen LogP contribution in [0.25, 0.3) is 0 Å². The summed E-state index contributed by atoms with van der Waals surface area (Å²) >= 11 is 0. The Morgan fingerprint density at radius 2 is 1.94 bits per heavy atom. The molecule has 0 aromatic carbocycles. The third-order valence-corrected chi connectivity index (χ3v) is 2.47. The molecule has 4 nitrogen and oxygen atoms in total. The highest BCUT2D eigenvalue weighted by atomic mass is 16.2. The number of nitrogens with zero attached hydrogens (tertiary/aromatic N) is 1. The van der Waals surface area contributed by atoms with E-state index in [1.807, 2.05) is 19.9 Å². The first-order valence-corrected chi connectivity index (χ1v) is 5.91. The Kier molecular flexibility index (Phi) is 8.55. The highest BCUT2D eigenvalue weighted by molar-refractivity contribution is 5.81. The summed E-state index contributed by atoms with van der Waals surface area (Å²) in [7, 11) is 0. The molecule has 0 saturated heterocycles. The molecule has 0 aliphatic rings. The van der Waals surface area contributed by atoms with Crippen LogP contribution in [0.3, 0.4) is 0 Å². The lowest BCUT2D eigenvalue weighted by Gasteiger charge is -2.12. The molecule has 4 heteroatoms. The predicted octanol–water partition coefficient (Wildman–Crippen LogP) is 1.45. The minimum Gasteiger partial charge on any atom is -0.396 e. The molecule has 0 fully saturated rings. The molecule has 92 valence electrons. The maximum absolute atomic E-state index is 11.5. The SMILES string of the molecule is CC(C)C(C#N)C(=O)NCCCCCCO. The van der Waals surface area contributed by atoms with Crippen LogP contribution in [0.1, 0.15) is 39.5 Å². The number of nitrogens with one attached hydrogen (secondary N) is 1. The van der Waals surface area contributed by atoms with Crippen LogP contribution < -0.4 is 5.32 Å². The zero-order valence-corrected chi connectivity index (χ0v) is 10.2. The number of carbonyl (C=O) groups excluding carboxylic acids is 1. The smallest absolute Gasteiger partial charge is 0.237 e. The Labute approximate surface area is 97.7 Å². The van der Waals surface area contributed by atoms with Gasteiger partial charge in [-0.3, -0.25) is 4.79 Å². The zero-order valence-electron chi connectivity index (χ0n) is 10.2. The maximum atomic E-state index is 11.5. The number of nitriles is 1. The van der Waals surface area contributed by atoms with Crippen LogP contribution >= 0.6 is 0 Å². The number of hydrogen-bond acceptors (Lipinski definition) is 3. The van der Waals surface area contributed by atoms with Crippen molar-refractivity contribution >= 4 is 5.91 Å². The highest BCUT2D eigenvalue weighted by Crippen LogP contribution is 2.09. The lowest BCUT2D eigenvalue weighted by molar-refractivity contribution is -0.124. The summed E-state index contributed by atoms with van der Waals surface area (Å²) in [5.74, 6) is -0.656. The van der Waals surface area contributed by atoms with Crippen molar-refractivity contribution < 1.29 is 9.90 Å². The second-order valence-electron chi connectivity index (χ2n) is 4.28. The quantitative estimate of drug-likeness (QED) is 0.615. The third-order valence-electron chi connectivity index (χ3n) is 2.47. The second-order valence-corrected chi connectivity index (χ2v) is 4.28. The minimum atomic E-state index is -0.544. The summed E-state index contributed by atoms with van der Waals surface area (Å²) in [5.41, 5.74) is 0. The topological polar surface area (TPSA) is 73.1 Å². The van der Waals surface area contributed by atoms with E-state index in [9.17, 15) is 4.79 Å². The Morgan fingerprint density at radius 1 is 1.31 bits per heavy atom. The molecular weight excluding hydrogens is 204 g/mol. The van der Waals surface area contributed by atoms with Gasteiger partial charge < -0.3 is 10.4 Å². The van der Waals surface area contributed by atoms with E-state index in [1.54, 1.807) is 0 Å². The van der Waals surface area contributed by atoms with Gasteiger partial charge in [0.2, 0.25) is 5.91 Å². The number of rotatable bonds is 8. The van der Waals surface area contributed by atoms with Crippen LogP contribution in [0, 0.1) is 23.2 Å². The first kappa shape index (κ1) is 14.9. The summed E-state index contributed by atoms with van der Waals surface area (Å²) in [6, 6.07) is 2.02. The summed E-state index contributed by atoms with van der Waals surface area (Å²) in [4.78, 5) is 11.5. The van der Waals surface area contributed by atoms with Gasteiger partial charge in [-0.2, -0.15) is 5.26 Å². The second kappa shape index (κ2) is 9.17. The van der Waals surface area contributed by atoms with Crippen molar-refractivity contribution in [1.82, 2.24) is 5.32 Å². The lowest BCUT2D eigenvalue weighted by atomic mass is 9.97. The summed E-state index contributed by atoms with van der Waals surface area (Å²) < 4.78 is 0. The zero-order chi connectivity index (χ0) is 12.4. The predicted molar refractivity (Wildman–Crippen MR) is 62.5 cm³/mol. The molecule has 0 spiro atoms. The Morgan fingerprint density at radius 3 is 2.44 bits per heavy atom. The van der Waals surface area contributed by atoms with E-state index in [-0.39, 0.29) is 18.4 Å². The van der Waals surface area contributed by atoms with E-state index < -0.39 is 5.92 Å².